The second-order valence-electron chi connectivity index (χ2n) is 4.39. The van der Waals surface area contributed by atoms with Crippen molar-refractivity contribution >= 4 is 5.97 Å². The maximum atomic E-state index is 11.2. The highest BCUT2D eigenvalue weighted by Crippen LogP contribution is 2.39. The Labute approximate surface area is 76.2 Å². The first-order valence-electron chi connectivity index (χ1n) is 4.10. The molecule has 74 valence electrons. The molecule has 0 aromatic carbocycles. The van der Waals surface area contributed by atoms with Gasteiger partial charge in [0.25, 0.3) is 0 Å². The second kappa shape index (κ2) is 2.68. The van der Waals surface area contributed by atoms with Crippen LogP contribution in [-0.4, -0.2) is 23.0 Å². The predicted octanol–water partition coefficient (Wildman–Crippen LogP) is 0.995. The molecule has 0 radical (unpaired) electrons. The van der Waals surface area contributed by atoms with Crippen molar-refractivity contribution in [3.8, 4) is 0 Å². The van der Waals surface area contributed by atoms with Gasteiger partial charge in [0.2, 0.25) is 6.54 Å². The Hall–Kier alpha value is -1.13. The first kappa shape index (κ1) is 9.95. The highest BCUT2D eigenvalue weighted by atomic mass is 16.6. The summed E-state index contributed by atoms with van der Waals surface area (Å²) in [5.41, 5.74) is -1.52. The lowest BCUT2D eigenvalue weighted by Crippen LogP contribution is -2.33. The summed E-state index contributed by atoms with van der Waals surface area (Å²) in [6, 6.07) is 0. The summed E-state index contributed by atoms with van der Waals surface area (Å²) in [4.78, 5) is 21.1. The molecule has 1 aliphatic rings. The lowest BCUT2D eigenvalue weighted by molar-refractivity contribution is -0.498. The van der Waals surface area contributed by atoms with Gasteiger partial charge in [0.05, 0.1) is 5.41 Å². The Morgan fingerprint density at radius 3 is 2.38 bits per heavy atom. The zero-order valence-corrected chi connectivity index (χ0v) is 7.99. The normalized spacial score (nSPS) is 31.5. The summed E-state index contributed by atoms with van der Waals surface area (Å²) in [6.45, 7) is 4.76. The molecule has 0 bridgehead atoms. The first-order chi connectivity index (χ1) is 5.75. The van der Waals surface area contributed by atoms with E-state index in [0.717, 1.165) is 0 Å². The van der Waals surface area contributed by atoms with E-state index in [1.165, 1.54) is 0 Å². The van der Waals surface area contributed by atoms with Gasteiger partial charge in [-0.1, -0.05) is 0 Å². The molecular formula is C8H13NO4. The maximum absolute atomic E-state index is 11.2. The average molecular weight is 187 g/mol. The van der Waals surface area contributed by atoms with E-state index in [1.54, 1.807) is 20.8 Å². The summed E-state index contributed by atoms with van der Waals surface area (Å²) in [5, 5.41) is 10.3. The molecule has 0 aromatic heterocycles. The van der Waals surface area contributed by atoms with E-state index in [4.69, 9.17) is 4.74 Å². The fraction of sp³-hybridized carbons (Fsp3) is 0.875. The van der Waals surface area contributed by atoms with Crippen molar-refractivity contribution in [1.29, 1.82) is 0 Å². The van der Waals surface area contributed by atoms with E-state index in [0.29, 0.717) is 6.42 Å². The lowest BCUT2D eigenvalue weighted by atomic mass is 9.85. The SMILES string of the molecule is CC1(C[N+](=O)[O-])CC(C)(C)C(=O)O1. The van der Waals surface area contributed by atoms with E-state index in [1.807, 2.05) is 0 Å². The Morgan fingerprint density at radius 1 is 1.54 bits per heavy atom. The van der Waals surface area contributed by atoms with Crippen LogP contribution in [0.4, 0.5) is 0 Å². The van der Waals surface area contributed by atoms with Gasteiger partial charge in [0.15, 0.2) is 5.60 Å². The number of cyclic esters (lactones) is 1. The van der Waals surface area contributed by atoms with Gasteiger partial charge in [-0.3, -0.25) is 14.9 Å². The standard InChI is InChI=1S/C8H13NO4/c1-7(2)4-8(3,5-9(11)12)13-6(7)10/h4-5H2,1-3H3. The average Bonchev–Trinajstić information content (AvgIpc) is 1.98. The Bertz CT molecular complexity index is 261. The molecule has 1 saturated heterocycles. The molecule has 0 aromatic rings. The number of hydrogen-bond donors (Lipinski definition) is 0. The van der Waals surface area contributed by atoms with Gasteiger partial charge < -0.3 is 4.74 Å². The molecule has 13 heavy (non-hydrogen) atoms. The fourth-order valence-corrected chi connectivity index (χ4v) is 1.77. The number of esters is 1. The van der Waals surface area contributed by atoms with Crippen LogP contribution in [0.3, 0.4) is 0 Å². The second-order valence-corrected chi connectivity index (χ2v) is 4.39. The minimum absolute atomic E-state index is 0.317. The molecule has 1 heterocycles. The van der Waals surface area contributed by atoms with E-state index in [2.05, 4.69) is 0 Å². The first-order valence-corrected chi connectivity index (χ1v) is 4.10. The number of carbonyl (C=O) groups excluding carboxylic acids is 1. The van der Waals surface area contributed by atoms with Gasteiger partial charge >= 0.3 is 5.97 Å². The van der Waals surface area contributed by atoms with E-state index < -0.39 is 15.9 Å². The van der Waals surface area contributed by atoms with Crippen molar-refractivity contribution in [2.24, 2.45) is 5.41 Å². The molecule has 1 rings (SSSR count). The van der Waals surface area contributed by atoms with Crippen molar-refractivity contribution in [2.45, 2.75) is 32.8 Å². The smallest absolute Gasteiger partial charge is 0.312 e. The summed E-state index contributed by atoms with van der Waals surface area (Å²) >= 11 is 0. The number of hydrogen-bond acceptors (Lipinski definition) is 4. The minimum atomic E-state index is -0.927. The molecule has 1 unspecified atom stereocenters. The van der Waals surface area contributed by atoms with Gasteiger partial charge in [-0.25, -0.2) is 0 Å². The highest BCUT2D eigenvalue weighted by Gasteiger charge is 2.51. The third-order valence-corrected chi connectivity index (χ3v) is 2.17. The van der Waals surface area contributed by atoms with E-state index >= 15 is 0 Å². The number of rotatable bonds is 2. The molecule has 5 heteroatoms. The molecule has 0 N–H and O–H groups in total. The van der Waals surface area contributed by atoms with Gasteiger partial charge in [-0.05, 0) is 20.8 Å². The van der Waals surface area contributed by atoms with E-state index in [9.17, 15) is 14.9 Å². The van der Waals surface area contributed by atoms with Crippen molar-refractivity contribution in [2.75, 3.05) is 6.54 Å². The molecule has 1 fully saturated rings. The summed E-state index contributed by atoms with van der Waals surface area (Å²) in [6.07, 6.45) is 0.403. The quantitative estimate of drug-likeness (QED) is 0.367. The third kappa shape index (κ3) is 1.96. The Balaban J connectivity index is 2.76. The maximum Gasteiger partial charge on any atom is 0.312 e. The van der Waals surface area contributed by atoms with Crippen molar-refractivity contribution in [3.05, 3.63) is 10.1 Å². The van der Waals surface area contributed by atoms with Crippen LogP contribution in [0, 0.1) is 15.5 Å². The zero-order chi connectivity index (χ0) is 10.3. The fourth-order valence-electron chi connectivity index (χ4n) is 1.77. The van der Waals surface area contributed by atoms with Crippen LogP contribution in [0.15, 0.2) is 0 Å². The van der Waals surface area contributed by atoms with Crippen LogP contribution in [0.1, 0.15) is 27.2 Å². The lowest BCUT2D eigenvalue weighted by Gasteiger charge is -2.17. The predicted molar refractivity (Wildman–Crippen MR) is 44.8 cm³/mol. The topological polar surface area (TPSA) is 69.4 Å². The van der Waals surface area contributed by atoms with Gasteiger partial charge in [0, 0.05) is 11.3 Å². The summed E-state index contributed by atoms with van der Waals surface area (Å²) in [7, 11) is 0. The Morgan fingerprint density at radius 2 is 2.08 bits per heavy atom. The van der Waals surface area contributed by atoms with Crippen LogP contribution < -0.4 is 0 Å². The van der Waals surface area contributed by atoms with Gasteiger partial charge in [0.1, 0.15) is 0 Å². The van der Waals surface area contributed by atoms with Crippen LogP contribution >= 0.6 is 0 Å². The molecule has 1 atom stereocenters. The largest absolute Gasteiger partial charge is 0.452 e. The molecule has 0 saturated carbocycles. The van der Waals surface area contributed by atoms with Crippen LogP contribution in [0.25, 0.3) is 0 Å². The molecule has 0 amide bonds. The van der Waals surface area contributed by atoms with Gasteiger partial charge in [-0.15, -0.1) is 0 Å². The minimum Gasteiger partial charge on any atom is -0.452 e. The molecule has 5 nitrogen and oxygen atoms in total. The number of nitrogens with zero attached hydrogens (tertiary/aromatic N) is 1. The number of carbonyl (C=O) groups is 1. The Kier molecular flexibility index (Phi) is 2.05. The molecular weight excluding hydrogens is 174 g/mol. The van der Waals surface area contributed by atoms with Crippen molar-refractivity contribution in [1.82, 2.24) is 0 Å². The van der Waals surface area contributed by atoms with Crippen molar-refractivity contribution in [3.63, 3.8) is 0 Å². The van der Waals surface area contributed by atoms with E-state index in [-0.39, 0.29) is 12.5 Å². The molecule has 1 aliphatic heterocycles. The number of nitro groups is 1. The summed E-state index contributed by atoms with van der Waals surface area (Å²) < 4.78 is 4.99. The van der Waals surface area contributed by atoms with Gasteiger partial charge in [-0.2, -0.15) is 0 Å². The van der Waals surface area contributed by atoms with Crippen LogP contribution in [-0.2, 0) is 9.53 Å². The van der Waals surface area contributed by atoms with Crippen LogP contribution in [0.2, 0.25) is 0 Å². The monoisotopic (exact) mass is 187 g/mol. The number of ether oxygens (including phenoxy) is 1. The van der Waals surface area contributed by atoms with Crippen molar-refractivity contribution < 1.29 is 14.5 Å². The van der Waals surface area contributed by atoms with Crippen LogP contribution in [0.5, 0.6) is 0 Å². The molecule has 0 aliphatic carbocycles. The zero-order valence-electron chi connectivity index (χ0n) is 7.99. The highest BCUT2D eigenvalue weighted by molar-refractivity contribution is 5.78. The summed E-state index contributed by atoms with van der Waals surface area (Å²) in [5.74, 6) is -0.350. The molecule has 0 spiro atoms. The third-order valence-electron chi connectivity index (χ3n) is 2.17.